The SMILES string of the molecule is Cc1ccc2c([se]c3ccccc32)c1-c1n(-c2ccc3c(c2)oc2ccccc23)c2ccccc2[n+]1C. The maximum atomic E-state index is 6.30. The number of rotatable bonds is 2. The van der Waals surface area contributed by atoms with E-state index >= 15 is 0 Å². The molecule has 3 nitrogen and oxygen atoms in total. The number of para-hydroxylation sites is 3. The van der Waals surface area contributed by atoms with Crippen LogP contribution in [-0.4, -0.2) is 19.1 Å². The van der Waals surface area contributed by atoms with E-state index in [-0.39, 0.29) is 14.5 Å². The molecule has 3 aromatic heterocycles. The molecule has 5 aromatic carbocycles. The molecule has 0 N–H and O–H groups in total. The Kier molecular flexibility index (Phi) is 4.37. The zero-order valence-corrected chi connectivity index (χ0v) is 22.2. The first kappa shape index (κ1) is 21.0. The normalized spacial score (nSPS) is 12.1. The Morgan fingerprint density at radius 1 is 0.703 bits per heavy atom. The molecule has 0 aliphatic heterocycles. The van der Waals surface area contributed by atoms with Gasteiger partial charge in [0.25, 0.3) is 0 Å². The van der Waals surface area contributed by atoms with E-state index in [0.29, 0.717) is 0 Å². The molecule has 37 heavy (non-hydrogen) atoms. The number of aryl methyl sites for hydroxylation is 2. The molecule has 0 amide bonds. The van der Waals surface area contributed by atoms with Crippen molar-refractivity contribution < 1.29 is 8.98 Å². The molecule has 0 atom stereocenters. The summed E-state index contributed by atoms with van der Waals surface area (Å²) in [5.41, 5.74) is 8.00. The van der Waals surface area contributed by atoms with Crippen molar-refractivity contribution in [2.24, 2.45) is 7.05 Å². The molecule has 0 radical (unpaired) electrons. The zero-order chi connectivity index (χ0) is 24.7. The Morgan fingerprint density at radius 3 is 2.35 bits per heavy atom. The van der Waals surface area contributed by atoms with Crippen LogP contribution in [0.15, 0.2) is 108 Å². The fourth-order valence-corrected chi connectivity index (χ4v) is 8.60. The topological polar surface area (TPSA) is 21.9 Å². The van der Waals surface area contributed by atoms with Crippen molar-refractivity contribution >= 4 is 66.8 Å². The molecule has 0 aliphatic rings. The standard InChI is InChI=1S/C33H23N2OSe/c1-20-15-17-25-24-10-4-8-14-30(24)37-32(25)31(20)33-34(2)26-11-5-6-12-27(26)35(33)21-16-18-23-22-9-3-7-13-28(22)36-29(23)19-21/h3-19H,1-2H3/q+1. The van der Waals surface area contributed by atoms with E-state index in [4.69, 9.17) is 4.42 Å². The molecule has 0 bridgehead atoms. The molecule has 8 rings (SSSR count). The fraction of sp³-hybridized carbons (Fsp3) is 0.0606. The van der Waals surface area contributed by atoms with Crippen LogP contribution >= 0.6 is 0 Å². The Bertz CT molecular complexity index is 2180. The number of hydrogen-bond acceptors (Lipinski definition) is 1. The summed E-state index contributed by atoms with van der Waals surface area (Å²) in [6.07, 6.45) is 0. The summed E-state index contributed by atoms with van der Waals surface area (Å²) in [5.74, 6) is 1.21. The van der Waals surface area contributed by atoms with E-state index in [1.54, 1.807) is 0 Å². The third kappa shape index (κ3) is 2.91. The molecule has 0 spiro atoms. The Hall–Kier alpha value is -4.11. The van der Waals surface area contributed by atoms with E-state index in [0.717, 1.165) is 27.6 Å². The van der Waals surface area contributed by atoms with E-state index in [2.05, 4.69) is 114 Å². The molecule has 0 fully saturated rings. The van der Waals surface area contributed by atoms with Gasteiger partial charge in [0.2, 0.25) is 0 Å². The second-order valence-electron chi connectivity index (χ2n) is 9.72. The van der Waals surface area contributed by atoms with Gasteiger partial charge >= 0.3 is 220 Å². The Balaban J connectivity index is 1.50. The van der Waals surface area contributed by atoms with Gasteiger partial charge in [0.15, 0.2) is 0 Å². The van der Waals surface area contributed by atoms with Gasteiger partial charge in [-0.3, -0.25) is 0 Å². The average molecular weight is 543 g/mol. The number of hydrogen-bond donors (Lipinski definition) is 0. The molecule has 0 aliphatic carbocycles. The van der Waals surface area contributed by atoms with Crippen LogP contribution in [0.2, 0.25) is 0 Å². The van der Waals surface area contributed by atoms with Crippen LogP contribution in [0.5, 0.6) is 0 Å². The summed E-state index contributed by atoms with van der Waals surface area (Å²) in [6, 6.07) is 37.1. The van der Waals surface area contributed by atoms with Gasteiger partial charge in [0, 0.05) is 0 Å². The van der Waals surface area contributed by atoms with Crippen molar-refractivity contribution in [3.05, 3.63) is 109 Å². The van der Waals surface area contributed by atoms with Crippen molar-refractivity contribution in [1.82, 2.24) is 4.57 Å². The number of imidazole rings is 1. The zero-order valence-electron chi connectivity index (χ0n) is 20.5. The molecule has 0 unspecified atom stereocenters. The summed E-state index contributed by atoms with van der Waals surface area (Å²) in [7, 11) is 2.20. The van der Waals surface area contributed by atoms with E-state index < -0.39 is 0 Å². The van der Waals surface area contributed by atoms with E-state index in [1.807, 2.05) is 12.1 Å². The van der Waals surface area contributed by atoms with Crippen LogP contribution in [-0.2, 0) is 7.05 Å². The molecule has 4 heteroatoms. The maximum absolute atomic E-state index is 6.30. The van der Waals surface area contributed by atoms with Gasteiger partial charge in [-0.15, -0.1) is 0 Å². The Labute approximate surface area is 219 Å². The van der Waals surface area contributed by atoms with Crippen molar-refractivity contribution in [2.75, 3.05) is 0 Å². The van der Waals surface area contributed by atoms with E-state index in [9.17, 15) is 0 Å². The van der Waals surface area contributed by atoms with Crippen molar-refractivity contribution in [1.29, 1.82) is 0 Å². The number of furan rings is 1. The minimum atomic E-state index is 0.254. The number of nitrogens with zero attached hydrogens (tertiary/aromatic N) is 2. The monoisotopic (exact) mass is 543 g/mol. The van der Waals surface area contributed by atoms with Crippen LogP contribution in [0, 0.1) is 6.92 Å². The van der Waals surface area contributed by atoms with Gasteiger partial charge in [0.1, 0.15) is 0 Å². The number of aromatic nitrogens is 2. The summed E-state index contributed by atoms with van der Waals surface area (Å²) in [6.45, 7) is 2.25. The van der Waals surface area contributed by atoms with E-state index in [1.165, 1.54) is 47.3 Å². The van der Waals surface area contributed by atoms with Gasteiger partial charge in [-0.1, -0.05) is 0 Å². The summed E-state index contributed by atoms with van der Waals surface area (Å²) >= 11 is 0.254. The molecule has 0 saturated carbocycles. The third-order valence-corrected chi connectivity index (χ3v) is 10.1. The van der Waals surface area contributed by atoms with Crippen LogP contribution in [0.4, 0.5) is 0 Å². The molecule has 0 saturated heterocycles. The first-order valence-corrected chi connectivity index (χ1v) is 14.2. The fourth-order valence-electron chi connectivity index (χ4n) is 5.87. The quantitative estimate of drug-likeness (QED) is 0.162. The molecule has 176 valence electrons. The van der Waals surface area contributed by atoms with Gasteiger partial charge in [0.05, 0.1) is 0 Å². The van der Waals surface area contributed by atoms with Crippen LogP contribution in [0.1, 0.15) is 5.56 Å². The van der Waals surface area contributed by atoms with Crippen molar-refractivity contribution in [3.8, 4) is 17.1 Å². The molecular weight excluding hydrogens is 519 g/mol. The van der Waals surface area contributed by atoms with Crippen LogP contribution < -0.4 is 4.57 Å². The van der Waals surface area contributed by atoms with Gasteiger partial charge in [-0.2, -0.15) is 0 Å². The number of fused-ring (bicyclic) bond motifs is 7. The summed E-state index contributed by atoms with van der Waals surface area (Å²) < 4.78 is 14.0. The van der Waals surface area contributed by atoms with Crippen molar-refractivity contribution in [2.45, 2.75) is 6.92 Å². The van der Waals surface area contributed by atoms with Crippen molar-refractivity contribution in [3.63, 3.8) is 0 Å². The Morgan fingerprint density at radius 2 is 1.43 bits per heavy atom. The van der Waals surface area contributed by atoms with Crippen LogP contribution in [0.25, 0.3) is 69.3 Å². The second-order valence-corrected chi connectivity index (χ2v) is 11.9. The predicted octanol–water partition coefficient (Wildman–Crippen LogP) is 7.69. The average Bonchev–Trinajstić information content (AvgIpc) is 3.58. The minimum absolute atomic E-state index is 0.254. The summed E-state index contributed by atoms with van der Waals surface area (Å²) in [4.78, 5) is 0. The van der Waals surface area contributed by atoms with Gasteiger partial charge in [-0.05, 0) is 0 Å². The molecule has 3 heterocycles. The van der Waals surface area contributed by atoms with Gasteiger partial charge in [-0.25, -0.2) is 0 Å². The summed E-state index contributed by atoms with van der Waals surface area (Å²) in [5, 5.41) is 5.06. The van der Waals surface area contributed by atoms with Crippen LogP contribution in [0.3, 0.4) is 0 Å². The number of benzene rings is 5. The molecular formula is C33H23N2OSe+. The predicted molar refractivity (Wildman–Crippen MR) is 154 cm³/mol. The third-order valence-electron chi connectivity index (χ3n) is 7.61. The second kappa shape index (κ2) is 7.69. The first-order chi connectivity index (χ1) is 18.2. The van der Waals surface area contributed by atoms with Gasteiger partial charge < -0.3 is 0 Å². The molecule has 8 aromatic rings. The first-order valence-electron chi connectivity index (χ1n) is 12.5.